The molecular weight excluding hydrogens is 238 g/mol. The van der Waals surface area contributed by atoms with Crippen molar-refractivity contribution >= 4 is 11.7 Å². The Hall–Kier alpha value is -1.55. The van der Waals surface area contributed by atoms with Gasteiger partial charge in [0.05, 0.1) is 0 Å². The largest absolute Gasteiger partial charge is 0.324 e. The molecule has 0 aromatic heterocycles. The summed E-state index contributed by atoms with van der Waals surface area (Å²) in [5.41, 5.74) is 8.22. The maximum absolute atomic E-state index is 12.3. The van der Waals surface area contributed by atoms with Crippen LogP contribution in [-0.4, -0.2) is 30.1 Å². The number of nitrogens with zero attached hydrogens (tertiary/aromatic N) is 2. The Morgan fingerprint density at radius 2 is 2.00 bits per heavy atom. The van der Waals surface area contributed by atoms with Crippen molar-refractivity contribution in [3.63, 3.8) is 0 Å². The molecule has 1 saturated carbocycles. The fourth-order valence-electron chi connectivity index (χ4n) is 2.68. The van der Waals surface area contributed by atoms with Gasteiger partial charge in [0.15, 0.2) is 0 Å². The molecule has 1 aromatic carbocycles. The average molecular weight is 259 g/mol. The highest BCUT2D eigenvalue weighted by molar-refractivity contribution is 5.94. The molecule has 2 fully saturated rings. The SMILES string of the molecule is CC(C)N1CCN(c2cccc(C3(N)CC3)c2)C1=O. The van der Waals surface area contributed by atoms with Gasteiger partial charge in [-0.1, -0.05) is 12.1 Å². The van der Waals surface area contributed by atoms with Crippen LogP contribution in [0.4, 0.5) is 10.5 Å². The highest BCUT2D eigenvalue weighted by atomic mass is 16.2. The fraction of sp³-hybridized carbons (Fsp3) is 0.533. The van der Waals surface area contributed by atoms with Gasteiger partial charge in [0.1, 0.15) is 0 Å². The average Bonchev–Trinajstić information content (AvgIpc) is 3.01. The van der Waals surface area contributed by atoms with Crippen LogP contribution in [0.5, 0.6) is 0 Å². The van der Waals surface area contributed by atoms with Crippen molar-refractivity contribution in [2.45, 2.75) is 38.3 Å². The monoisotopic (exact) mass is 259 g/mol. The standard InChI is InChI=1S/C15H21N3O/c1-11(2)17-8-9-18(14(17)19)13-5-3-4-12(10-13)15(16)6-7-15/h3-5,10-11H,6-9,16H2,1-2H3. The molecule has 0 atom stereocenters. The zero-order valence-corrected chi connectivity index (χ0v) is 11.6. The molecule has 1 aromatic rings. The molecule has 3 rings (SSSR count). The predicted molar refractivity (Wildman–Crippen MR) is 76.1 cm³/mol. The lowest BCUT2D eigenvalue weighted by Crippen LogP contribution is -2.36. The number of anilines is 1. The highest BCUT2D eigenvalue weighted by Crippen LogP contribution is 2.43. The number of nitrogens with two attached hydrogens (primary N) is 1. The lowest BCUT2D eigenvalue weighted by atomic mass is 10.1. The number of carbonyl (C=O) groups is 1. The third kappa shape index (κ3) is 2.10. The summed E-state index contributed by atoms with van der Waals surface area (Å²) in [6, 6.07) is 8.50. The second-order valence-corrected chi connectivity index (χ2v) is 5.93. The number of benzene rings is 1. The number of hydrogen-bond acceptors (Lipinski definition) is 2. The van der Waals surface area contributed by atoms with Crippen molar-refractivity contribution < 1.29 is 4.79 Å². The normalized spacial score (nSPS) is 21.4. The van der Waals surface area contributed by atoms with E-state index in [9.17, 15) is 4.79 Å². The van der Waals surface area contributed by atoms with Gasteiger partial charge in [-0.2, -0.15) is 0 Å². The predicted octanol–water partition coefficient (Wildman–Crippen LogP) is 2.28. The number of amides is 2. The van der Waals surface area contributed by atoms with E-state index in [2.05, 4.69) is 26.0 Å². The molecule has 1 aliphatic heterocycles. The van der Waals surface area contributed by atoms with Gasteiger partial charge in [0.2, 0.25) is 0 Å². The number of hydrogen-bond donors (Lipinski definition) is 1. The molecule has 102 valence electrons. The van der Waals surface area contributed by atoms with Crippen molar-refractivity contribution in [2.24, 2.45) is 5.73 Å². The van der Waals surface area contributed by atoms with Crippen LogP contribution in [0.15, 0.2) is 24.3 Å². The van der Waals surface area contributed by atoms with E-state index in [1.54, 1.807) is 0 Å². The Morgan fingerprint density at radius 3 is 2.58 bits per heavy atom. The summed E-state index contributed by atoms with van der Waals surface area (Å²) in [6.07, 6.45) is 2.09. The van der Waals surface area contributed by atoms with E-state index in [0.717, 1.165) is 37.2 Å². The van der Waals surface area contributed by atoms with E-state index in [1.807, 2.05) is 21.9 Å². The lowest BCUT2D eigenvalue weighted by molar-refractivity contribution is 0.209. The van der Waals surface area contributed by atoms with E-state index in [-0.39, 0.29) is 17.6 Å². The first-order valence-corrected chi connectivity index (χ1v) is 6.99. The molecule has 2 aliphatic rings. The van der Waals surface area contributed by atoms with Crippen molar-refractivity contribution in [3.8, 4) is 0 Å². The molecule has 2 amide bonds. The molecule has 4 nitrogen and oxygen atoms in total. The van der Waals surface area contributed by atoms with E-state index in [4.69, 9.17) is 5.73 Å². The van der Waals surface area contributed by atoms with Gasteiger partial charge in [0, 0.05) is 30.4 Å². The summed E-state index contributed by atoms with van der Waals surface area (Å²) in [4.78, 5) is 16.1. The van der Waals surface area contributed by atoms with Gasteiger partial charge < -0.3 is 10.6 Å². The number of rotatable bonds is 3. The maximum Gasteiger partial charge on any atom is 0.324 e. The topological polar surface area (TPSA) is 49.6 Å². The Bertz CT molecular complexity index is 508. The Kier molecular flexibility index (Phi) is 2.78. The van der Waals surface area contributed by atoms with Crippen LogP contribution in [-0.2, 0) is 5.54 Å². The fourth-order valence-corrected chi connectivity index (χ4v) is 2.68. The lowest BCUT2D eigenvalue weighted by Gasteiger charge is -2.22. The maximum atomic E-state index is 12.3. The van der Waals surface area contributed by atoms with Crippen LogP contribution >= 0.6 is 0 Å². The summed E-state index contributed by atoms with van der Waals surface area (Å²) in [6.45, 7) is 5.67. The molecule has 1 aliphatic carbocycles. The molecule has 0 radical (unpaired) electrons. The summed E-state index contributed by atoms with van der Waals surface area (Å²) in [7, 11) is 0. The van der Waals surface area contributed by atoms with E-state index < -0.39 is 0 Å². The van der Waals surface area contributed by atoms with Crippen LogP contribution < -0.4 is 10.6 Å². The molecule has 2 N–H and O–H groups in total. The minimum Gasteiger partial charge on any atom is -0.321 e. The Labute approximate surface area is 114 Å². The molecule has 4 heteroatoms. The number of urea groups is 1. The van der Waals surface area contributed by atoms with Gasteiger partial charge in [-0.25, -0.2) is 4.79 Å². The van der Waals surface area contributed by atoms with Gasteiger partial charge in [-0.15, -0.1) is 0 Å². The minimum absolute atomic E-state index is 0.106. The zero-order chi connectivity index (χ0) is 13.6. The smallest absolute Gasteiger partial charge is 0.321 e. The van der Waals surface area contributed by atoms with Gasteiger partial charge >= 0.3 is 6.03 Å². The van der Waals surface area contributed by atoms with Crippen LogP contribution in [0.2, 0.25) is 0 Å². The summed E-state index contributed by atoms with van der Waals surface area (Å²) >= 11 is 0. The molecule has 1 saturated heterocycles. The van der Waals surface area contributed by atoms with Crippen molar-refractivity contribution in [2.75, 3.05) is 18.0 Å². The van der Waals surface area contributed by atoms with Crippen LogP contribution in [0.3, 0.4) is 0 Å². The summed E-state index contributed by atoms with van der Waals surface area (Å²) < 4.78 is 0. The molecule has 0 spiro atoms. The molecule has 1 heterocycles. The van der Waals surface area contributed by atoms with Crippen LogP contribution in [0.1, 0.15) is 32.3 Å². The third-order valence-electron chi connectivity index (χ3n) is 4.19. The third-order valence-corrected chi connectivity index (χ3v) is 4.19. The van der Waals surface area contributed by atoms with Crippen molar-refractivity contribution in [3.05, 3.63) is 29.8 Å². The highest BCUT2D eigenvalue weighted by Gasteiger charge is 2.40. The van der Waals surface area contributed by atoms with Crippen molar-refractivity contribution in [1.29, 1.82) is 0 Å². The number of carbonyl (C=O) groups excluding carboxylic acids is 1. The Balaban J connectivity index is 1.85. The summed E-state index contributed by atoms with van der Waals surface area (Å²) in [5, 5.41) is 0. The molecule has 19 heavy (non-hydrogen) atoms. The second-order valence-electron chi connectivity index (χ2n) is 5.93. The quantitative estimate of drug-likeness (QED) is 0.905. The van der Waals surface area contributed by atoms with E-state index in [0.29, 0.717) is 0 Å². The first-order valence-electron chi connectivity index (χ1n) is 6.99. The summed E-state index contributed by atoms with van der Waals surface area (Å²) in [5.74, 6) is 0. The first kappa shape index (κ1) is 12.5. The van der Waals surface area contributed by atoms with E-state index >= 15 is 0 Å². The Morgan fingerprint density at radius 1 is 1.26 bits per heavy atom. The van der Waals surface area contributed by atoms with Crippen LogP contribution in [0.25, 0.3) is 0 Å². The van der Waals surface area contributed by atoms with Gasteiger partial charge in [-0.05, 0) is 44.4 Å². The second kappa shape index (κ2) is 4.23. The van der Waals surface area contributed by atoms with Gasteiger partial charge in [-0.3, -0.25) is 4.90 Å². The zero-order valence-electron chi connectivity index (χ0n) is 11.6. The van der Waals surface area contributed by atoms with Crippen molar-refractivity contribution in [1.82, 2.24) is 4.90 Å². The van der Waals surface area contributed by atoms with Gasteiger partial charge in [0.25, 0.3) is 0 Å². The first-order chi connectivity index (χ1) is 9.01. The molecular formula is C15H21N3O. The van der Waals surface area contributed by atoms with Crippen LogP contribution in [0, 0.1) is 0 Å². The minimum atomic E-state index is -0.142. The molecule has 0 unspecified atom stereocenters. The molecule has 0 bridgehead atoms. The van der Waals surface area contributed by atoms with E-state index in [1.165, 1.54) is 0 Å².